The molecule has 1 aliphatic rings. The van der Waals surface area contributed by atoms with Crippen LogP contribution in [0.4, 0.5) is 0 Å². The zero-order valence-corrected chi connectivity index (χ0v) is 60.1. The van der Waals surface area contributed by atoms with Gasteiger partial charge < -0.3 is 82.6 Å². The molecule has 0 spiro atoms. The van der Waals surface area contributed by atoms with Gasteiger partial charge in [0.1, 0.15) is 31.1 Å². The van der Waals surface area contributed by atoms with E-state index in [0.29, 0.717) is 96.6 Å². The van der Waals surface area contributed by atoms with Gasteiger partial charge in [0.15, 0.2) is 29.1 Å². The second kappa shape index (κ2) is 55.4. The summed E-state index contributed by atoms with van der Waals surface area (Å²) in [5, 5.41) is 25.1. The molecule has 1 aromatic carbocycles. The van der Waals surface area contributed by atoms with Crippen LogP contribution in [0.5, 0.6) is 0 Å². The van der Waals surface area contributed by atoms with E-state index in [2.05, 4.69) is 69.1 Å². The van der Waals surface area contributed by atoms with Crippen molar-refractivity contribution in [3.8, 4) is 0 Å². The molecule has 0 aromatic heterocycles. The van der Waals surface area contributed by atoms with Crippen molar-refractivity contribution in [2.75, 3.05) is 133 Å². The Kier molecular flexibility index (Phi) is 49.8. The van der Waals surface area contributed by atoms with E-state index in [-0.39, 0.29) is 105 Å². The van der Waals surface area contributed by atoms with Crippen LogP contribution >= 0.6 is 48.8 Å². The molecule has 1 saturated heterocycles. The predicted molar refractivity (Wildman–Crippen MR) is 379 cm³/mol. The molecule has 1 fully saturated rings. The number of ether oxygens (including phenoxy) is 6. The summed E-state index contributed by atoms with van der Waals surface area (Å²) in [6.45, 7) is 4.81. The molecule has 0 bridgehead atoms. The van der Waals surface area contributed by atoms with Crippen LogP contribution in [-0.4, -0.2) is 245 Å². The standard InChI is InChI=1S/C65H104N10O20S4/c1-2-3-30-98-41-49(77)16-11-21-91-23-25-93-27-29-94-28-26-92-24-22-90-20-10-15-48(76)37-95-38-57(81)69-18-8-7-17-51-64(89)74-53(40-97)55(79)33-45(14-9-19-70-65(67)68)61(86)71-36-50(78)32-47(35-59(83)84)63(88)73-52(39-96)56(80)34-46(31-44-12-5-4-6-13-44)62(87)75-54(60(66)85)42-99-43-58(82)72-51/h4-6,12-13,45-47,51-54,96-97H,2-3,7-11,14-43H2,1H3,(H2,66,85)(H,69,81)(H,71,86)(H,72,82)(H,73,88)(H,74,89)(H,75,87)(H,83,84)(H4,67,68,70)/t45-,46-,47+,51+,52+,53+,54+/m1/s1. The number of nitrogens with one attached hydrogen (secondary N) is 6. The van der Waals surface area contributed by atoms with Crippen molar-refractivity contribution in [1.82, 2.24) is 31.9 Å². The number of guanidine groups is 1. The lowest BCUT2D eigenvalue weighted by atomic mass is 9.91. The van der Waals surface area contributed by atoms with Gasteiger partial charge >= 0.3 is 5.97 Å². The fourth-order valence-corrected chi connectivity index (χ4v) is 12.0. The Morgan fingerprint density at radius 2 is 1.20 bits per heavy atom. The monoisotopic (exact) mass is 1470 g/mol. The number of benzene rings is 1. The molecule has 30 nitrogen and oxygen atoms in total. The molecule has 99 heavy (non-hydrogen) atoms. The van der Waals surface area contributed by atoms with E-state index in [4.69, 9.17) is 45.6 Å². The smallest absolute Gasteiger partial charge is 0.304 e. The fraction of sp³-hybridized carbons (Fsp3) is 0.692. The first-order valence-electron chi connectivity index (χ1n) is 33.4. The highest BCUT2D eigenvalue weighted by molar-refractivity contribution is 8.00. The van der Waals surface area contributed by atoms with Gasteiger partial charge in [0, 0.05) is 87.5 Å². The van der Waals surface area contributed by atoms with Crippen molar-refractivity contribution in [3.05, 3.63) is 35.9 Å². The summed E-state index contributed by atoms with van der Waals surface area (Å²) in [7, 11) is 0. The Bertz CT molecular complexity index is 2690. The summed E-state index contributed by atoms with van der Waals surface area (Å²) in [6.07, 6.45) is 2.12. The summed E-state index contributed by atoms with van der Waals surface area (Å²) in [6, 6.07) is 3.15. The minimum atomic E-state index is -1.54. The third-order valence-electron chi connectivity index (χ3n) is 14.9. The first-order chi connectivity index (χ1) is 47.6. The number of primary amides is 1. The number of Topliss-reactive ketones (excluding diaryl/α,β-unsaturated/α-hetero) is 5. The van der Waals surface area contributed by atoms with Gasteiger partial charge in [0.2, 0.25) is 41.4 Å². The maximum absolute atomic E-state index is 14.1. The number of amides is 7. The summed E-state index contributed by atoms with van der Waals surface area (Å²) >= 11 is 11.1. The number of unbranched alkanes of at least 4 members (excludes halogenated alkanes) is 2. The topological polar surface area (TPSA) is 460 Å². The summed E-state index contributed by atoms with van der Waals surface area (Å²) in [4.78, 5) is 176. The Labute approximate surface area is 598 Å². The van der Waals surface area contributed by atoms with Gasteiger partial charge in [-0.3, -0.25) is 67.3 Å². The molecule has 7 atom stereocenters. The first kappa shape index (κ1) is 88.8. The highest BCUT2D eigenvalue weighted by Gasteiger charge is 2.34. The maximum atomic E-state index is 14.1. The van der Waals surface area contributed by atoms with E-state index >= 15 is 0 Å². The van der Waals surface area contributed by atoms with E-state index in [1.54, 1.807) is 42.1 Å². The van der Waals surface area contributed by atoms with E-state index < -0.39 is 145 Å². The van der Waals surface area contributed by atoms with Gasteiger partial charge in [-0.2, -0.15) is 37.0 Å². The van der Waals surface area contributed by atoms with Gasteiger partial charge in [-0.1, -0.05) is 43.7 Å². The second-order valence-electron chi connectivity index (χ2n) is 23.3. The highest BCUT2D eigenvalue weighted by Crippen LogP contribution is 2.20. The van der Waals surface area contributed by atoms with Crippen molar-refractivity contribution >= 4 is 131 Å². The molecular weight excluding hydrogens is 1370 g/mol. The van der Waals surface area contributed by atoms with Crippen LogP contribution in [0.15, 0.2) is 35.3 Å². The number of nitrogens with two attached hydrogens (primary N) is 3. The zero-order chi connectivity index (χ0) is 73.0. The van der Waals surface area contributed by atoms with Crippen molar-refractivity contribution in [2.24, 2.45) is 39.9 Å². The summed E-state index contributed by atoms with van der Waals surface area (Å²) < 4.78 is 32.9. The van der Waals surface area contributed by atoms with Gasteiger partial charge in [-0.05, 0) is 69.1 Å². The molecule has 0 unspecified atom stereocenters. The van der Waals surface area contributed by atoms with Crippen molar-refractivity contribution in [3.63, 3.8) is 0 Å². The summed E-state index contributed by atoms with van der Waals surface area (Å²) in [5.74, 6) is -12.9. The molecule has 0 saturated carbocycles. The number of hydrogen-bond acceptors (Lipinski definition) is 24. The molecular formula is C65H104N10O20S4. The normalized spacial score (nSPS) is 19.9. The Morgan fingerprint density at radius 3 is 1.78 bits per heavy atom. The van der Waals surface area contributed by atoms with E-state index in [1.165, 1.54) is 0 Å². The van der Waals surface area contributed by atoms with E-state index in [9.17, 15) is 67.4 Å². The number of carboxylic acid groups (broad SMARTS) is 1. The number of carbonyl (C=O) groups is 13. The Balaban J connectivity index is 2.02. The zero-order valence-electron chi connectivity index (χ0n) is 56.7. The minimum Gasteiger partial charge on any atom is -0.481 e. The number of nitrogens with zero attached hydrogens (tertiary/aromatic N) is 1. The van der Waals surface area contributed by atoms with Crippen molar-refractivity contribution in [2.45, 2.75) is 134 Å². The molecule has 13 N–H and O–H groups in total. The molecule has 0 aliphatic carbocycles. The van der Waals surface area contributed by atoms with Crippen molar-refractivity contribution < 1.29 is 95.9 Å². The van der Waals surface area contributed by atoms with Crippen LogP contribution in [-0.2, 0) is 97.2 Å². The fourth-order valence-electron chi connectivity index (χ4n) is 9.53. The number of carbonyl (C=O) groups excluding carboxylic acids is 12. The molecule has 1 aliphatic heterocycles. The molecule has 0 radical (unpaired) electrons. The third-order valence-corrected chi connectivity index (χ3v) is 17.8. The number of thioether (sulfide) groups is 2. The third kappa shape index (κ3) is 43.9. The molecule has 34 heteroatoms. The Morgan fingerprint density at radius 1 is 0.626 bits per heavy atom. The molecule has 1 heterocycles. The van der Waals surface area contributed by atoms with Gasteiger partial charge in [0.05, 0.1) is 95.3 Å². The SMILES string of the molecule is CCCCSCC(=O)CCCOCCOCCOCCOCCOCCCC(=O)COCC(=O)NCCCC[C@@H]1NC(=O)CSC[C@@H](C(N)=O)NC(=O)[C@H](Cc2ccccc2)CC(=O)[C@H](CS)NC(=O)[C@H](CC(=O)O)CC(=O)CNC(=O)[C@H](CCCN=C(N)N)CC(=O)[C@H](CS)NC1=O. The number of hydrogen-bond donors (Lipinski definition) is 12. The average Bonchev–Trinajstić information content (AvgIpc) is 0.958. The lowest BCUT2D eigenvalue weighted by molar-refractivity contribution is -0.142. The minimum absolute atomic E-state index is 0.00396. The maximum Gasteiger partial charge on any atom is 0.304 e. The van der Waals surface area contributed by atoms with Crippen LogP contribution in [0.25, 0.3) is 0 Å². The molecule has 2 rings (SSSR count). The van der Waals surface area contributed by atoms with Gasteiger partial charge in [0.25, 0.3) is 0 Å². The number of aliphatic carboxylic acids is 1. The van der Waals surface area contributed by atoms with Crippen LogP contribution in [0.3, 0.4) is 0 Å². The first-order valence-corrected chi connectivity index (χ1v) is 36.9. The van der Waals surface area contributed by atoms with Crippen LogP contribution < -0.4 is 49.1 Å². The largest absolute Gasteiger partial charge is 0.481 e. The van der Waals surface area contributed by atoms with Crippen LogP contribution in [0.2, 0.25) is 0 Å². The van der Waals surface area contributed by atoms with Gasteiger partial charge in [-0.25, -0.2) is 0 Å². The molecule has 558 valence electrons. The van der Waals surface area contributed by atoms with Crippen LogP contribution in [0, 0.1) is 17.8 Å². The molecule has 7 amide bonds. The van der Waals surface area contributed by atoms with Crippen LogP contribution in [0.1, 0.15) is 109 Å². The quantitative estimate of drug-likeness (QED) is 0.0180. The lowest BCUT2D eigenvalue weighted by Crippen LogP contribution is -2.53. The second-order valence-corrected chi connectivity index (χ2v) is 26.2. The summed E-state index contributed by atoms with van der Waals surface area (Å²) in [5.41, 5.74) is 17.3. The average molecular weight is 1470 g/mol. The lowest BCUT2D eigenvalue weighted by Gasteiger charge is -2.24. The number of carboxylic acids is 1. The number of aliphatic imine (C=N–C) groups is 1. The number of ketones is 5. The number of thiol groups is 2. The van der Waals surface area contributed by atoms with Gasteiger partial charge in [-0.15, -0.1) is 11.8 Å². The van der Waals surface area contributed by atoms with E-state index in [0.717, 1.165) is 30.4 Å². The predicted octanol–water partition coefficient (Wildman–Crippen LogP) is 0.249. The Hall–Kier alpha value is -6.24. The van der Waals surface area contributed by atoms with E-state index in [1.807, 2.05) is 0 Å². The van der Waals surface area contributed by atoms with Crippen molar-refractivity contribution in [1.29, 1.82) is 0 Å². The highest BCUT2D eigenvalue weighted by atomic mass is 32.2. The number of rotatable bonds is 45. The molecule has 1 aromatic rings.